The molecule has 0 spiro atoms. The SMILES string of the molecule is CN=C(/C=C(\C)c1ccc(F)cc1F)C(C)=O. The van der Waals surface area contributed by atoms with Crippen LogP contribution in [0, 0.1) is 11.6 Å². The van der Waals surface area contributed by atoms with Gasteiger partial charge in [-0.15, -0.1) is 0 Å². The highest BCUT2D eigenvalue weighted by Crippen LogP contribution is 2.18. The second-order valence-electron chi connectivity index (χ2n) is 3.62. The van der Waals surface area contributed by atoms with Crippen molar-refractivity contribution in [3.05, 3.63) is 41.5 Å². The average Bonchev–Trinajstić information content (AvgIpc) is 2.24. The van der Waals surface area contributed by atoms with Gasteiger partial charge in [-0.3, -0.25) is 9.79 Å². The quantitative estimate of drug-likeness (QED) is 0.743. The number of hydrogen-bond donors (Lipinski definition) is 0. The van der Waals surface area contributed by atoms with E-state index in [9.17, 15) is 13.6 Å². The van der Waals surface area contributed by atoms with Gasteiger partial charge in [-0.05, 0) is 30.7 Å². The van der Waals surface area contributed by atoms with Crippen molar-refractivity contribution in [3.8, 4) is 0 Å². The monoisotopic (exact) mass is 237 g/mol. The van der Waals surface area contributed by atoms with Gasteiger partial charge in [-0.25, -0.2) is 8.78 Å². The minimum Gasteiger partial charge on any atom is -0.293 e. The third-order valence-electron chi connectivity index (χ3n) is 2.31. The van der Waals surface area contributed by atoms with E-state index in [1.54, 1.807) is 6.92 Å². The summed E-state index contributed by atoms with van der Waals surface area (Å²) in [5.41, 5.74) is 1.04. The standard InChI is InChI=1S/C13H13F2NO/c1-8(6-13(16-3)9(2)17)11-5-4-10(14)7-12(11)15/h4-7H,1-3H3/b8-6+,16-13?. The number of halogens is 2. The van der Waals surface area contributed by atoms with E-state index >= 15 is 0 Å². The summed E-state index contributed by atoms with van der Waals surface area (Å²) in [5.74, 6) is -1.48. The maximum Gasteiger partial charge on any atom is 0.177 e. The Hall–Kier alpha value is -1.84. The average molecular weight is 237 g/mol. The molecule has 1 rings (SSSR count). The molecule has 4 heteroatoms. The Balaban J connectivity index is 3.16. The van der Waals surface area contributed by atoms with E-state index in [-0.39, 0.29) is 17.1 Å². The van der Waals surface area contributed by atoms with Gasteiger partial charge in [0.1, 0.15) is 17.3 Å². The van der Waals surface area contributed by atoms with Crippen LogP contribution in [0.3, 0.4) is 0 Å². The zero-order valence-electron chi connectivity index (χ0n) is 9.92. The molecule has 0 heterocycles. The van der Waals surface area contributed by atoms with Crippen LogP contribution in [-0.2, 0) is 4.79 Å². The molecule has 0 aliphatic heterocycles. The first-order chi connectivity index (χ1) is 7.95. The highest BCUT2D eigenvalue weighted by Gasteiger charge is 2.08. The fraction of sp³-hybridized carbons (Fsp3) is 0.231. The van der Waals surface area contributed by atoms with Crippen molar-refractivity contribution in [2.24, 2.45) is 4.99 Å². The largest absolute Gasteiger partial charge is 0.293 e. The number of Topliss-reactive ketones (excluding diaryl/α,β-unsaturated/α-hetero) is 1. The zero-order valence-corrected chi connectivity index (χ0v) is 9.92. The molecule has 0 radical (unpaired) electrons. The van der Waals surface area contributed by atoms with Gasteiger partial charge in [-0.1, -0.05) is 0 Å². The summed E-state index contributed by atoms with van der Waals surface area (Å²) in [5, 5.41) is 0. The number of carbonyl (C=O) groups excluding carboxylic acids is 1. The number of carbonyl (C=O) groups is 1. The van der Waals surface area contributed by atoms with Crippen LogP contribution in [-0.4, -0.2) is 18.5 Å². The van der Waals surface area contributed by atoms with E-state index in [4.69, 9.17) is 0 Å². The Morgan fingerprint density at radius 1 is 1.29 bits per heavy atom. The minimum atomic E-state index is -0.655. The van der Waals surface area contributed by atoms with Crippen molar-refractivity contribution < 1.29 is 13.6 Å². The molecule has 1 aromatic carbocycles. The lowest BCUT2D eigenvalue weighted by Gasteiger charge is -2.04. The highest BCUT2D eigenvalue weighted by atomic mass is 19.1. The smallest absolute Gasteiger partial charge is 0.177 e. The molecule has 0 saturated carbocycles. The van der Waals surface area contributed by atoms with Gasteiger partial charge in [0.25, 0.3) is 0 Å². The van der Waals surface area contributed by atoms with Gasteiger partial charge >= 0.3 is 0 Å². The molecule has 0 fully saturated rings. The van der Waals surface area contributed by atoms with Crippen molar-refractivity contribution in [2.45, 2.75) is 13.8 Å². The number of nitrogens with zero attached hydrogens (tertiary/aromatic N) is 1. The summed E-state index contributed by atoms with van der Waals surface area (Å²) in [7, 11) is 1.49. The Morgan fingerprint density at radius 2 is 1.94 bits per heavy atom. The number of ketones is 1. The summed E-state index contributed by atoms with van der Waals surface area (Å²) in [6.45, 7) is 3.03. The van der Waals surface area contributed by atoms with E-state index in [1.165, 1.54) is 32.2 Å². The van der Waals surface area contributed by atoms with Crippen LogP contribution in [0.4, 0.5) is 8.78 Å². The van der Waals surface area contributed by atoms with Crippen LogP contribution in [0.25, 0.3) is 5.57 Å². The van der Waals surface area contributed by atoms with E-state index in [0.29, 0.717) is 5.57 Å². The number of benzene rings is 1. The lowest BCUT2D eigenvalue weighted by Crippen LogP contribution is -2.07. The Labute approximate surface area is 98.7 Å². The maximum absolute atomic E-state index is 13.5. The van der Waals surface area contributed by atoms with Crippen molar-refractivity contribution in [2.75, 3.05) is 7.05 Å². The number of rotatable bonds is 3. The maximum atomic E-state index is 13.5. The molecule has 17 heavy (non-hydrogen) atoms. The van der Waals surface area contributed by atoms with Gasteiger partial charge in [0.2, 0.25) is 0 Å². The molecule has 90 valence electrons. The first kappa shape index (κ1) is 13.2. The van der Waals surface area contributed by atoms with Gasteiger partial charge in [-0.2, -0.15) is 0 Å². The van der Waals surface area contributed by atoms with Crippen LogP contribution in [0.5, 0.6) is 0 Å². The molecule has 0 atom stereocenters. The second-order valence-corrected chi connectivity index (χ2v) is 3.62. The predicted octanol–water partition coefficient (Wildman–Crippen LogP) is 3.03. The Bertz CT molecular complexity index is 504. The van der Waals surface area contributed by atoms with Crippen molar-refractivity contribution >= 4 is 17.1 Å². The van der Waals surface area contributed by atoms with Gasteiger partial charge in [0.05, 0.1) is 0 Å². The molecule has 0 N–H and O–H groups in total. The third-order valence-corrected chi connectivity index (χ3v) is 2.31. The molecule has 2 nitrogen and oxygen atoms in total. The number of aliphatic imine (C=N–C) groups is 1. The lowest BCUT2D eigenvalue weighted by atomic mass is 10.0. The molecule has 0 bridgehead atoms. The van der Waals surface area contributed by atoms with Gasteiger partial charge in [0.15, 0.2) is 5.78 Å². The van der Waals surface area contributed by atoms with Crippen LogP contribution >= 0.6 is 0 Å². The zero-order chi connectivity index (χ0) is 13.0. The Kier molecular flexibility index (Phi) is 4.26. The molecule has 0 aliphatic rings. The molecule has 0 saturated heterocycles. The van der Waals surface area contributed by atoms with Crippen molar-refractivity contribution in [3.63, 3.8) is 0 Å². The molecular formula is C13H13F2NO. The topological polar surface area (TPSA) is 29.4 Å². The normalized spacial score (nSPS) is 12.8. The van der Waals surface area contributed by atoms with Gasteiger partial charge < -0.3 is 0 Å². The molecule has 0 amide bonds. The summed E-state index contributed by atoms with van der Waals surface area (Å²) < 4.78 is 26.2. The van der Waals surface area contributed by atoms with E-state index < -0.39 is 11.6 Å². The molecule has 0 unspecified atom stereocenters. The fourth-order valence-corrected chi connectivity index (χ4v) is 1.42. The first-order valence-corrected chi connectivity index (χ1v) is 5.07. The minimum absolute atomic E-state index is 0.200. The summed E-state index contributed by atoms with van der Waals surface area (Å²) in [4.78, 5) is 14.9. The van der Waals surface area contributed by atoms with E-state index in [2.05, 4.69) is 4.99 Å². The van der Waals surface area contributed by atoms with E-state index in [1.807, 2.05) is 0 Å². The first-order valence-electron chi connectivity index (χ1n) is 5.07. The van der Waals surface area contributed by atoms with Crippen molar-refractivity contribution in [1.29, 1.82) is 0 Å². The van der Waals surface area contributed by atoms with Crippen LogP contribution in [0.2, 0.25) is 0 Å². The van der Waals surface area contributed by atoms with Crippen LogP contribution < -0.4 is 0 Å². The summed E-state index contributed by atoms with van der Waals surface area (Å²) >= 11 is 0. The van der Waals surface area contributed by atoms with Crippen LogP contribution in [0.15, 0.2) is 29.3 Å². The second kappa shape index (κ2) is 5.48. The predicted molar refractivity (Wildman–Crippen MR) is 64.0 cm³/mol. The fourth-order valence-electron chi connectivity index (χ4n) is 1.42. The molecule has 1 aromatic rings. The lowest BCUT2D eigenvalue weighted by molar-refractivity contribution is -0.111. The van der Waals surface area contributed by atoms with E-state index in [0.717, 1.165) is 6.07 Å². The number of hydrogen-bond acceptors (Lipinski definition) is 2. The van der Waals surface area contributed by atoms with Crippen molar-refractivity contribution in [1.82, 2.24) is 0 Å². The van der Waals surface area contributed by atoms with Gasteiger partial charge in [0, 0.05) is 25.6 Å². The third kappa shape index (κ3) is 3.31. The number of allylic oxidation sites excluding steroid dienone is 2. The van der Waals surface area contributed by atoms with Crippen LogP contribution in [0.1, 0.15) is 19.4 Å². The molecule has 0 aromatic heterocycles. The summed E-state index contributed by atoms with van der Waals surface area (Å²) in [6, 6.07) is 3.32. The molecular weight excluding hydrogens is 224 g/mol. The highest BCUT2D eigenvalue weighted by molar-refractivity contribution is 6.44. The summed E-state index contributed by atoms with van der Waals surface area (Å²) in [6.07, 6.45) is 1.48. The molecule has 0 aliphatic carbocycles. The Morgan fingerprint density at radius 3 is 2.41 bits per heavy atom.